The average Bonchev–Trinajstić information content (AvgIpc) is 2.94. The molecule has 0 aliphatic rings. The van der Waals surface area contributed by atoms with Gasteiger partial charge in [-0.05, 0) is 30.3 Å². The van der Waals surface area contributed by atoms with Gasteiger partial charge in [-0.25, -0.2) is 4.79 Å². The van der Waals surface area contributed by atoms with Gasteiger partial charge in [-0.3, -0.25) is 14.1 Å². The largest absolute Gasteiger partial charge is 0.394 e. The van der Waals surface area contributed by atoms with E-state index in [0.29, 0.717) is 37.7 Å². The second kappa shape index (κ2) is 6.98. The number of imidazole rings is 1. The molecular formula is C19H15Cl2N3O3. The number of nitrogens with zero attached hydrogens (tertiary/aromatic N) is 3. The van der Waals surface area contributed by atoms with Gasteiger partial charge in [0.15, 0.2) is 0 Å². The van der Waals surface area contributed by atoms with E-state index in [4.69, 9.17) is 23.2 Å². The lowest BCUT2D eigenvalue weighted by Gasteiger charge is -2.08. The first-order valence-corrected chi connectivity index (χ1v) is 9.00. The summed E-state index contributed by atoms with van der Waals surface area (Å²) in [6.45, 7) is -0.533. The number of benzene rings is 2. The highest BCUT2D eigenvalue weighted by atomic mass is 35.5. The fourth-order valence-corrected chi connectivity index (χ4v) is 3.59. The van der Waals surface area contributed by atoms with E-state index in [1.807, 2.05) is 0 Å². The van der Waals surface area contributed by atoms with E-state index < -0.39 is 12.7 Å². The van der Waals surface area contributed by atoms with Crippen LogP contribution in [0, 0.1) is 0 Å². The molecule has 2 aromatic heterocycles. The third-order valence-electron chi connectivity index (χ3n) is 4.42. The minimum Gasteiger partial charge on any atom is -0.394 e. The average molecular weight is 404 g/mol. The highest BCUT2D eigenvalue weighted by Gasteiger charge is 2.20. The Balaban J connectivity index is 2.17. The molecule has 27 heavy (non-hydrogen) atoms. The maximum Gasteiger partial charge on any atom is 0.333 e. The Morgan fingerprint density at radius 2 is 1.93 bits per heavy atom. The predicted molar refractivity (Wildman–Crippen MR) is 106 cm³/mol. The lowest BCUT2D eigenvalue weighted by Crippen LogP contribution is -2.29. The van der Waals surface area contributed by atoms with Crippen molar-refractivity contribution in [2.75, 3.05) is 6.61 Å². The molecule has 0 aliphatic carbocycles. The smallest absolute Gasteiger partial charge is 0.333 e. The Bertz CT molecular complexity index is 1220. The van der Waals surface area contributed by atoms with Gasteiger partial charge in [0, 0.05) is 10.4 Å². The lowest BCUT2D eigenvalue weighted by atomic mass is 10.2. The molecule has 1 unspecified atom stereocenters. The number of rotatable bonds is 4. The number of hydrogen-bond acceptors (Lipinski definition) is 4. The van der Waals surface area contributed by atoms with Crippen molar-refractivity contribution >= 4 is 45.1 Å². The topological polar surface area (TPSA) is 80.3 Å². The molecule has 0 saturated heterocycles. The zero-order valence-electron chi connectivity index (χ0n) is 14.0. The van der Waals surface area contributed by atoms with Gasteiger partial charge >= 0.3 is 5.69 Å². The standard InChI is InChI=1S/C19H15Cl2N3O3/c20-11-5-6-15-13(7-11)18-17(8-22-15)23(9-12(26)10-25)19(27)24(18)16-4-2-1-3-14(16)21/h1-8,12,25-26H,9-10H2. The summed E-state index contributed by atoms with van der Waals surface area (Å²) in [6, 6.07) is 12.3. The minimum atomic E-state index is -1.08. The fraction of sp³-hybridized carbons (Fsp3) is 0.158. The van der Waals surface area contributed by atoms with Gasteiger partial charge in [0.1, 0.15) is 0 Å². The first-order chi connectivity index (χ1) is 13.0. The van der Waals surface area contributed by atoms with E-state index in [-0.39, 0.29) is 12.2 Å². The summed E-state index contributed by atoms with van der Waals surface area (Å²) in [4.78, 5) is 17.6. The molecule has 6 nitrogen and oxygen atoms in total. The molecule has 0 amide bonds. The van der Waals surface area contributed by atoms with E-state index in [0.717, 1.165) is 0 Å². The van der Waals surface area contributed by atoms with E-state index in [1.54, 1.807) is 48.7 Å². The van der Waals surface area contributed by atoms with E-state index in [9.17, 15) is 15.0 Å². The molecule has 0 fully saturated rings. The monoisotopic (exact) mass is 403 g/mol. The molecule has 1 atom stereocenters. The van der Waals surface area contributed by atoms with Crippen molar-refractivity contribution in [2.45, 2.75) is 12.6 Å². The fourth-order valence-electron chi connectivity index (χ4n) is 3.19. The number of fused-ring (bicyclic) bond motifs is 3. The van der Waals surface area contributed by atoms with Crippen molar-refractivity contribution in [2.24, 2.45) is 0 Å². The van der Waals surface area contributed by atoms with Crippen LogP contribution in [0.5, 0.6) is 0 Å². The van der Waals surface area contributed by atoms with Crippen molar-refractivity contribution in [3.8, 4) is 5.69 Å². The van der Waals surface area contributed by atoms with Crippen LogP contribution in [0.25, 0.3) is 27.6 Å². The number of halogens is 2. The number of hydrogen-bond donors (Lipinski definition) is 2. The Labute approximate surface area is 163 Å². The molecule has 0 aliphatic heterocycles. The van der Waals surface area contributed by atoms with Crippen molar-refractivity contribution in [1.29, 1.82) is 0 Å². The second-order valence-electron chi connectivity index (χ2n) is 6.17. The normalized spacial score (nSPS) is 12.7. The van der Waals surface area contributed by atoms with Crippen molar-refractivity contribution < 1.29 is 10.2 Å². The van der Waals surface area contributed by atoms with Gasteiger partial charge in [0.05, 0.1) is 52.7 Å². The Morgan fingerprint density at radius 1 is 1.15 bits per heavy atom. The number of pyridine rings is 1. The van der Waals surface area contributed by atoms with Crippen molar-refractivity contribution in [3.63, 3.8) is 0 Å². The minimum absolute atomic E-state index is 0.0724. The quantitative estimate of drug-likeness (QED) is 0.548. The molecule has 0 radical (unpaired) electrons. The molecule has 0 saturated carbocycles. The summed E-state index contributed by atoms with van der Waals surface area (Å²) in [5.74, 6) is 0. The van der Waals surface area contributed by atoms with Gasteiger partial charge in [0.25, 0.3) is 0 Å². The summed E-state index contributed by atoms with van der Waals surface area (Å²) < 4.78 is 2.87. The first-order valence-electron chi connectivity index (χ1n) is 8.24. The number of aliphatic hydroxyl groups is 2. The molecular weight excluding hydrogens is 389 g/mol. The van der Waals surface area contributed by atoms with Gasteiger partial charge < -0.3 is 10.2 Å². The van der Waals surface area contributed by atoms with E-state index >= 15 is 0 Å². The molecule has 2 aromatic carbocycles. The van der Waals surface area contributed by atoms with Gasteiger partial charge in [0.2, 0.25) is 0 Å². The van der Waals surface area contributed by atoms with Gasteiger partial charge in [-0.15, -0.1) is 0 Å². The summed E-state index contributed by atoms with van der Waals surface area (Å²) in [6.07, 6.45) is 0.493. The molecule has 8 heteroatoms. The van der Waals surface area contributed by atoms with Crippen LogP contribution < -0.4 is 5.69 Å². The summed E-state index contributed by atoms with van der Waals surface area (Å²) in [5.41, 5.74) is 1.90. The Hall–Kier alpha value is -2.38. The Kier molecular flexibility index (Phi) is 4.65. The zero-order chi connectivity index (χ0) is 19.1. The van der Waals surface area contributed by atoms with Crippen LogP contribution in [0.3, 0.4) is 0 Å². The van der Waals surface area contributed by atoms with Gasteiger partial charge in [-0.2, -0.15) is 0 Å². The third kappa shape index (κ3) is 3.00. The van der Waals surface area contributed by atoms with Crippen molar-refractivity contribution in [1.82, 2.24) is 14.1 Å². The lowest BCUT2D eigenvalue weighted by molar-refractivity contribution is 0.0813. The van der Waals surface area contributed by atoms with Crippen LogP contribution in [0.4, 0.5) is 0 Å². The molecule has 0 spiro atoms. The van der Waals surface area contributed by atoms with Crippen LogP contribution in [-0.2, 0) is 6.54 Å². The summed E-state index contributed by atoms with van der Waals surface area (Å²) in [7, 11) is 0. The highest BCUT2D eigenvalue weighted by Crippen LogP contribution is 2.30. The van der Waals surface area contributed by atoms with Crippen LogP contribution >= 0.6 is 23.2 Å². The number of aliphatic hydroxyl groups excluding tert-OH is 2. The molecule has 2 N–H and O–H groups in total. The predicted octanol–water partition coefficient (Wildman–Crippen LogP) is 3.00. The second-order valence-corrected chi connectivity index (χ2v) is 7.01. The zero-order valence-corrected chi connectivity index (χ0v) is 15.5. The molecule has 0 bridgehead atoms. The van der Waals surface area contributed by atoms with Crippen LogP contribution in [0.2, 0.25) is 10.0 Å². The van der Waals surface area contributed by atoms with Gasteiger partial charge in [-0.1, -0.05) is 35.3 Å². The molecule has 2 heterocycles. The maximum atomic E-state index is 13.2. The molecule has 4 aromatic rings. The Morgan fingerprint density at radius 3 is 2.67 bits per heavy atom. The van der Waals surface area contributed by atoms with Crippen LogP contribution in [-0.4, -0.2) is 37.0 Å². The highest BCUT2D eigenvalue weighted by molar-refractivity contribution is 6.32. The molecule has 4 rings (SSSR count). The van der Waals surface area contributed by atoms with Crippen LogP contribution in [0.15, 0.2) is 53.5 Å². The summed E-state index contributed by atoms with van der Waals surface area (Å²) in [5, 5.41) is 20.7. The number of aromatic nitrogens is 3. The SMILES string of the molecule is O=c1n(CC(O)CO)c2cnc3ccc(Cl)cc3c2n1-c1ccccc1Cl. The van der Waals surface area contributed by atoms with Crippen molar-refractivity contribution in [3.05, 3.63) is 69.2 Å². The maximum absolute atomic E-state index is 13.2. The molecule has 138 valence electrons. The van der Waals surface area contributed by atoms with Crippen LogP contribution in [0.1, 0.15) is 0 Å². The first kappa shape index (κ1) is 18.0. The number of para-hydroxylation sites is 1. The third-order valence-corrected chi connectivity index (χ3v) is 4.97. The summed E-state index contributed by atoms with van der Waals surface area (Å²) >= 11 is 12.5. The van der Waals surface area contributed by atoms with E-state index in [2.05, 4.69) is 4.98 Å². The van der Waals surface area contributed by atoms with E-state index in [1.165, 1.54) is 9.13 Å².